The number of hydrogen-bond acceptors (Lipinski definition) is 5. The number of fused-ring (bicyclic) bond motifs is 3. The van der Waals surface area contributed by atoms with Crippen molar-refractivity contribution in [3.05, 3.63) is 29.3 Å². The van der Waals surface area contributed by atoms with Gasteiger partial charge in [0.25, 0.3) is 0 Å². The van der Waals surface area contributed by atoms with Gasteiger partial charge in [-0.15, -0.1) is 0 Å². The predicted molar refractivity (Wildman–Crippen MR) is 102 cm³/mol. The number of carbonyl (C=O) groups excluding carboxylic acids is 2. The van der Waals surface area contributed by atoms with Crippen molar-refractivity contribution in [3.8, 4) is 5.75 Å². The van der Waals surface area contributed by atoms with Crippen LogP contribution in [0.15, 0.2) is 18.2 Å². The molecule has 0 spiro atoms. The minimum atomic E-state index is -0.548. The summed E-state index contributed by atoms with van der Waals surface area (Å²) in [6.45, 7) is 2.01. The van der Waals surface area contributed by atoms with Crippen LogP contribution >= 0.6 is 0 Å². The minimum absolute atomic E-state index is 0.109. The number of esters is 2. The van der Waals surface area contributed by atoms with Gasteiger partial charge in [0.15, 0.2) is 0 Å². The standard InChI is InChI=1S/C22H30O5/c1-22(21(24)27-4)12-11-17-16-8-6-15(25-2)13-14(16)5-7-18(17)19(22)9-10-20(23)26-3/h6,8,13,17-19H,5,7,9-12H2,1-4H3/t17-,18-,19+,22+/m1/s1. The van der Waals surface area contributed by atoms with E-state index >= 15 is 0 Å². The van der Waals surface area contributed by atoms with E-state index in [1.165, 1.54) is 25.3 Å². The lowest BCUT2D eigenvalue weighted by molar-refractivity contribution is -0.162. The molecule has 148 valence electrons. The second-order valence-electron chi connectivity index (χ2n) is 8.04. The number of hydrogen-bond donors (Lipinski definition) is 0. The summed E-state index contributed by atoms with van der Waals surface area (Å²) in [6, 6.07) is 6.35. The molecule has 1 saturated carbocycles. The molecule has 0 bridgehead atoms. The number of rotatable bonds is 5. The Morgan fingerprint density at radius 3 is 2.59 bits per heavy atom. The molecule has 5 heteroatoms. The Balaban J connectivity index is 1.92. The van der Waals surface area contributed by atoms with Gasteiger partial charge in [-0.25, -0.2) is 0 Å². The first-order chi connectivity index (χ1) is 12.9. The molecular formula is C22H30O5. The highest BCUT2D eigenvalue weighted by molar-refractivity contribution is 5.77. The van der Waals surface area contributed by atoms with Crippen molar-refractivity contribution < 1.29 is 23.8 Å². The summed E-state index contributed by atoms with van der Waals surface area (Å²) in [5, 5.41) is 0. The van der Waals surface area contributed by atoms with E-state index in [0.717, 1.165) is 31.4 Å². The third-order valence-electron chi connectivity index (χ3n) is 6.86. The van der Waals surface area contributed by atoms with Gasteiger partial charge in [-0.05, 0) is 80.0 Å². The zero-order chi connectivity index (χ0) is 19.6. The van der Waals surface area contributed by atoms with Crippen molar-refractivity contribution in [2.45, 2.75) is 51.4 Å². The number of aryl methyl sites for hydroxylation is 1. The summed E-state index contributed by atoms with van der Waals surface area (Å²) in [5.74, 6) is 1.41. The van der Waals surface area contributed by atoms with E-state index in [4.69, 9.17) is 14.2 Å². The van der Waals surface area contributed by atoms with Crippen molar-refractivity contribution in [3.63, 3.8) is 0 Å². The van der Waals surface area contributed by atoms with E-state index in [1.807, 2.05) is 13.0 Å². The quantitative estimate of drug-likeness (QED) is 0.732. The molecule has 3 rings (SSSR count). The highest BCUT2D eigenvalue weighted by Gasteiger charge is 2.52. The lowest BCUT2D eigenvalue weighted by Crippen LogP contribution is -2.47. The van der Waals surface area contributed by atoms with Gasteiger partial charge in [0.2, 0.25) is 0 Å². The van der Waals surface area contributed by atoms with Crippen LogP contribution in [0.2, 0.25) is 0 Å². The molecule has 0 unspecified atom stereocenters. The summed E-state index contributed by atoms with van der Waals surface area (Å²) in [4.78, 5) is 24.4. The minimum Gasteiger partial charge on any atom is -0.497 e. The molecule has 2 aliphatic carbocycles. The maximum Gasteiger partial charge on any atom is 0.311 e. The van der Waals surface area contributed by atoms with Crippen LogP contribution in [0.3, 0.4) is 0 Å². The molecule has 27 heavy (non-hydrogen) atoms. The molecule has 0 N–H and O–H groups in total. The van der Waals surface area contributed by atoms with Crippen LogP contribution in [-0.2, 0) is 25.5 Å². The molecule has 4 atom stereocenters. The molecule has 1 aromatic rings. The zero-order valence-corrected chi connectivity index (χ0v) is 16.7. The maximum atomic E-state index is 12.7. The summed E-state index contributed by atoms with van der Waals surface area (Å²) in [7, 11) is 4.56. The van der Waals surface area contributed by atoms with Gasteiger partial charge in [0, 0.05) is 6.42 Å². The number of ether oxygens (including phenoxy) is 3. The normalized spacial score (nSPS) is 29.3. The first kappa shape index (κ1) is 19.7. The Kier molecular flexibility index (Phi) is 5.78. The highest BCUT2D eigenvalue weighted by atomic mass is 16.5. The van der Waals surface area contributed by atoms with E-state index in [9.17, 15) is 9.59 Å². The largest absolute Gasteiger partial charge is 0.497 e. The molecule has 0 saturated heterocycles. The van der Waals surface area contributed by atoms with Crippen molar-refractivity contribution in [2.75, 3.05) is 21.3 Å². The van der Waals surface area contributed by atoms with Gasteiger partial charge in [-0.3, -0.25) is 9.59 Å². The second-order valence-corrected chi connectivity index (χ2v) is 8.04. The highest BCUT2D eigenvalue weighted by Crippen LogP contribution is 2.56. The van der Waals surface area contributed by atoms with Gasteiger partial charge >= 0.3 is 11.9 Å². The lowest BCUT2D eigenvalue weighted by Gasteiger charge is -2.50. The number of carbonyl (C=O) groups is 2. The molecule has 5 nitrogen and oxygen atoms in total. The zero-order valence-electron chi connectivity index (χ0n) is 16.7. The van der Waals surface area contributed by atoms with E-state index in [2.05, 4.69) is 12.1 Å². The summed E-state index contributed by atoms with van der Waals surface area (Å²) in [6.07, 6.45) is 4.72. The summed E-state index contributed by atoms with van der Waals surface area (Å²) < 4.78 is 15.4. The third kappa shape index (κ3) is 3.56. The van der Waals surface area contributed by atoms with Crippen LogP contribution in [0, 0.1) is 17.3 Å². The van der Waals surface area contributed by atoms with Crippen molar-refractivity contribution >= 4 is 11.9 Å². The van der Waals surface area contributed by atoms with E-state index in [-0.39, 0.29) is 17.9 Å². The van der Waals surface area contributed by atoms with Crippen molar-refractivity contribution in [1.82, 2.24) is 0 Å². The van der Waals surface area contributed by atoms with Crippen LogP contribution in [0.1, 0.15) is 56.1 Å². The fourth-order valence-corrected chi connectivity index (χ4v) is 5.40. The topological polar surface area (TPSA) is 61.8 Å². The molecule has 0 aromatic heterocycles. The van der Waals surface area contributed by atoms with Gasteiger partial charge in [0.05, 0.1) is 26.7 Å². The van der Waals surface area contributed by atoms with Crippen LogP contribution in [0.5, 0.6) is 5.75 Å². The molecule has 0 amide bonds. The van der Waals surface area contributed by atoms with Gasteiger partial charge in [0.1, 0.15) is 5.75 Å². The predicted octanol–water partition coefficient (Wildman–Crippen LogP) is 3.88. The van der Waals surface area contributed by atoms with E-state index < -0.39 is 5.41 Å². The Morgan fingerprint density at radius 2 is 1.93 bits per heavy atom. The molecule has 0 heterocycles. The van der Waals surface area contributed by atoms with Crippen molar-refractivity contribution in [2.24, 2.45) is 17.3 Å². The number of methoxy groups -OCH3 is 3. The summed E-state index contributed by atoms with van der Waals surface area (Å²) in [5.41, 5.74) is 2.18. The van der Waals surface area contributed by atoms with Gasteiger partial charge in [-0.1, -0.05) is 6.07 Å². The second kappa shape index (κ2) is 7.91. The fraction of sp³-hybridized carbons (Fsp3) is 0.636. The lowest BCUT2D eigenvalue weighted by atomic mass is 9.53. The fourth-order valence-electron chi connectivity index (χ4n) is 5.40. The molecular weight excluding hydrogens is 344 g/mol. The number of benzene rings is 1. The molecule has 0 radical (unpaired) electrons. The van der Waals surface area contributed by atoms with Crippen LogP contribution < -0.4 is 4.74 Å². The first-order valence-electron chi connectivity index (χ1n) is 9.76. The van der Waals surface area contributed by atoms with E-state index in [0.29, 0.717) is 24.7 Å². The third-order valence-corrected chi connectivity index (χ3v) is 6.86. The van der Waals surface area contributed by atoms with Crippen LogP contribution in [0.25, 0.3) is 0 Å². The van der Waals surface area contributed by atoms with Gasteiger partial charge in [-0.2, -0.15) is 0 Å². The smallest absolute Gasteiger partial charge is 0.311 e. The Bertz CT molecular complexity index is 713. The molecule has 1 fully saturated rings. The summed E-state index contributed by atoms with van der Waals surface area (Å²) >= 11 is 0. The Hall–Kier alpha value is -2.04. The Morgan fingerprint density at radius 1 is 1.15 bits per heavy atom. The van der Waals surface area contributed by atoms with Crippen LogP contribution in [-0.4, -0.2) is 33.3 Å². The van der Waals surface area contributed by atoms with E-state index in [1.54, 1.807) is 7.11 Å². The first-order valence-corrected chi connectivity index (χ1v) is 9.76. The van der Waals surface area contributed by atoms with Crippen molar-refractivity contribution in [1.29, 1.82) is 0 Å². The SMILES string of the molecule is COC(=O)CC[C@H]1[C@@H]2CCc3cc(OC)ccc3[C@H]2CC[C@]1(C)C(=O)OC. The molecule has 0 aliphatic heterocycles. The average molecular weight is 374 g/mol. The monoisotopic (exact) mass is 374 g/mol. The maximum absolute atomic E-state index is 12.7. The molecule has 2 aliphatic rings. The molecule has 1 aromatic carbocycles. The average Bonchev–Trinajstić information content (AvgIpc) is 2.71. The van der Waals surface area contributed by atoms with Crippen LogP contribution in [0.4, 0.5) is 0 Å². The van der Waals surface area contributed by atoms with Gasteiger partial charge < -0.3 is 14.2 Å². The Labute approximate surface area is 161 Å².